The van der Waals surface area contributed by atoms with Crippen molar-refractivity contribution in [3.05, 3.63) is 0 Å². The standard InChI is InChI=1S/C14H31N3/c1-6-13(7-2)15-8-9-17-11-10-16(5)14(3,4)12-17/h13,15H,6-12H2,1-5H3. The van der Waals surface area contributed by atoms with Crippen LogP contribution in [0.15, 0.2) is 0 Å². The lowest BCUT2D eigenvalue weighted by atomic mass is 10.00. The van der Waals surface area contributed by atoms with E-state index in [0.29, 0.717) is 11.6 Å². The molecule has 0 saturated carbocycles. The Morgan fingerprint density at radius 1 is 1.18 bits per heavy atom. The van der Waals surface area contributed by atoms with Gasteiger partial charge in [-0.15, -0.1) is 0 Å². The van der Waals surface area contributed by atoms with Crippen LogP contribution in [-0.2, 0) is 0 Å². The van der Waals surface area contributed by atoms with Crippen LogP contribution >= 0.6 is 0 Å². The number of nitrogens with one attached hydrogen (secondary N) is 1. The summed E-state index contributed by atoms with van der Waals surface area (Å²) in [5.74, 6) is 0. The van der Waals surface area contributed by atoms with Gasteiger partial charge in [-0.1, -0.05) is 13.8 Å². The summed E-state index contributed by atoms with van der Waals surface area (Å²) < 4.78 is 0. The second kappa shape index (κ2) is 6.72. The quantitative estimate of drug-likeness (QED) is 0.765. The van der Waals surface area contributed by atoms with Gasteiger partial charge in [-0.2, -0.15) is 0 Å². The van der Waals surface area contributed by atoms with Crippen molar-refractivity contribution in [2.24, 2.45) is 0 Å². The molecule has 1 N–H and O–H groups in total. The fourth-order valence-corrected chi connectivity index (χ4v) is 2.54. The highest BCUT2D eigenvalue weighted by Gasteiger charge is 2.30. The molecule has 0 bridgehead atoms. The Bertz CT molecular complexity index is 212. The largest absolute Gasteiger partial charge is 0.313 e. The molecule has 3 heteroatoms. The Balaban J connectivity index is 2.24. The van der Waals surface area contributed by atoms with Gasteiger partial charge in [0.25, 0.3) is 0 Å². The van der Waals surface area contributed by atoms with E-state index >= 15 is 0 Å². The third-order valence-electron chi connectivity index (χ3n) is 4.24. The fourth-order valence-electron chi connectivity index (χ4n) is 2.54. The second-order valence-corrected chi connectivity index (χ2v) is 5.98. The predicted octanol–water partition coefficient (Wildman–Crippen LogP) is 1.79. The van der Waals surface area contributed by atoms with Crippen LogP contribution in [0.1, 0.15) is 40.5 Å². The molecular formula is C14H31N3. The van der Waals surface area contributed by atoms with Crippen molar-refractivity contribution in [2.75, 3.05) is 39.8 Å². The fraction of sp³-hybridized carbons (Fsp3) is 1.00. The third-order valence-corrected chi connectivity index (χ3v) is 4.24. The van der Waals surface area contributed by atoms with Gasteiger partial charge < -0.3 is 5.32 Å². The van der Waals surface area contributed by atoms with Gasteiger partial charge in [-0.3, -0.25) is 9.80 Å². The van der Waals surface area contributed by atoms with Crippen molar-refractivity contribution in [2.45, 2.75) is 52.1 Å². The zero-order chi connectivity index (χ0) is 12.9. The van der Waals surface area contributed by atoms with E-state index in [9.17, 15) is 0 Å². The lowest BCUT2D eigenvalue weighted by Crippen LogP contribution is -2.58. The molecule has 0 spiro atoms. The molecule has 0 aromatic carbocycles. The molecular weight excluding hydrogens is 210 g/mol. The first kappa shape index (κ1) is 14.9. The van der Waals surface area contributed by atoms with E-state index < -0.39 is 0 Å². The van der Waals surface area contributed by atoms with Gasteiger partial charge in [0.05, 0.1) is 0 Å². The van der Waals surface area contributed by atoms with Gasteiger partial charge in [0.2, 0.25) is 0 Å². The lowest BCUT2D eigenvalue weighted by molar-refractivity contribution is 0.0403. The molecule has 17 heavy (non-hydrogen) atoms. The van der Waals surface area contributed by atoms with Crippen molar-refractivity contribution in [1.82, 2.24) is 15.1 Å². The molecule has 0 radical (unpaired) electrons. The van der Waals surface area contributed by atoms with E-state index in [0.717, 1.165) is 6.54 Å². The maximum Gasteiger partial charge on any atom is 0.0277 e. The van der Waals surface area contributed by atoms with Gasteiger partial charge in [0.1, 0.15) is 0 Å². The van der Waals surface area contributed by atoms with Gasteiger partial charge >= 0.3 is 0 Å². The molecule has 102 valence electrons. The number of rotatable bonds is 6. The van der Waals surface area contributed by atoms with Crippen molar-refractivity contribution in [1.29, 1.82) is 0 Å². The highest BCUT2D eigenvalue weighted by Crippen LogP contribution is 2.18. The van der Waals surface area contributed by atoms with E-state index in [2.05, 4.69) is 49.9 Å². The molecule has 1 aliphatic heterocycles. The topological polar surface area (TPSA) is 18.5 Å². The van der Waals surface area contributed by atoms with E-state index in [1.54, 1.807) is 0 Å². The minimum absolute atomic E-state index is 0.327. The summed E-state index contributed by atoms with van der Waals surface area (Å²) >= 11 is 0. The molecule has 0 amide bonds. The summed E-state index contributed by atoms with van der Waals surface area (Å²) in [7, 11) is 2.24. The summed E-state index contributed by atoms with van der Waals surface area (Å²) in [5.41, 5.74) is 0.327. The van der Waals surface area contributed by atoms with Crippen molar-refractivity contribution >= 4 is 0 Å². The molecule has 3 nitrogen and oxygen atoms in total. The molecule has 0 atom stereocenters. The Hall–Kier alpha value is -0.120. The second-order valence-electron chi connectivity index (χ2n) is 5.98. The Labute approximate surface area is 108 Å². The molecule has 1 rings (SSSR count). The molecule has 0 unspecified atom stereocenters. The normalized spacial score (nSPS) is 22.2. The van der Waals surface area contributed by atoms with Crippen LogP contribution in [0.5, 0.6) is 0 Å². The molecule has 0 aliphatic carbocycles. The molecule has 0 aromatic rings. The highest BCUT2D eigenvalue weighted by atomic mass is 15.3. The summed E-state index contributed by atoms with van der Waals surface area (Å²) in [6.07, 6.45) is 2.48. The first-order valence-corrected chi connectivity index (χ1v) is 7.16. The molecule has 1 fully saturated rings. The van der Waals surface area contributed by atoms with Gasteiger partial charge in [0.15, 0.2) is 0 Å². The van der Waals surface area contributed by atoms with Gasteiger partial charge in [-0.25, -0.2) is 0 Å². The molecule has 1 aliphatic rings. The summed E-state index contributed by atoms with van der Waals surface area (Å²) in [6, 6.07) is 0.704. The lowest BCUT2D eigenvalue weighted by Gasteiger charge is -2.45. The summed E-state index contributed by atoms with van der Waals surface area (Å²) in [4.78, 5) is 5.06. The maximum atomic E-state index is 3.65. The van der Waals surface area contributed by atoms with Gasteiger partial charge in [-0.05, 0) is 33.7 Å². The SMILES string of the molecule is CCC(CC)NCCN1CCN(C)C(C)(C)C1. The zero-order valence-corrected chi connectivity index (χ0v) is 12.4. The van der Waals surface area contributed by atoms with Crippen LogP contribution in [-0.4, -0.2) is 61.2 Å². The number of hydrogen-bond donors (Lipinski definition) is 1. The molecule has 0 aromatic heterocycles. The summed E-state index contributed by atoms with van der Waals surface area (Å²) in [5, 5.41) is 3.65. The van der Waals surface area contributed by atoms with Crippen LogP contribution in [0.2, 0.25) is 0 Å². The average Bonchev–Trinajstić information content (AvgIpc) is 2.29. The predicted molar refractivity (Wildman–Crippen MR) is 75.5 cm³/mol. The van der Waals surface area contributed by atoms with Crippen LogP contribution in [0.4, 0.5) is 0 Å². The zero-order valence-electron chi connectivity index (χ0n) is 12.4. The number of likely N-dealkylation sites (N-methyl/N-ethyl adjacent to an activating group) is 1. The Kier molecular flexibility index (Phi) is 5.90. The molecule has 1 saturated heterocycles. The number of nitrogens with zero attached hydrogens (tertiary/aromatic N) is 2. The van der Waals surface area contributed by atoms with Crippen molar-refractivity contribution < 1.29 is 0 Å². The van der Waals surface area contributed by atoms with Crippen LogP contribution in [0.3, 0.4) is 0 Å². The molecule has 1 heterocycles. The number of piperazine rings is 1. The first-order chi connectivity index (χ1) is 7.99. The monoisotopic (exact) mass is 241 g/mol. The summed E-state index contributed by atoms with van der Waals surface area (Å²) in [6.45, 7) is 15.1. The van der Waals surface area contributed by atoms with E-state index in [1.807, 2.05) is 0 Å². The maximum absolute atomic E-state index is 3.65. The highest BCUT2D eigenvalue weighted by molar-refractivity contribution is 4.88. The first-order valence-electron chi connectivity index (χ1n) is 7.16. The minimum atomic E-state index is 0.327. The van der Waals surface area contributed by atoms with Crippen molar-refractivity contribution in [3.63, 3.8) is 0 Å². The van der Waals surface area contributed by atoms with Crippen molar-refractivity contribution in [3.8, 4) is 0 Å². The van der Waals surface area contributed by atoms with Crippen LogP contribution in [0, 0.1) is 0 Å². The van der Waals surface area contributed by atoms with Crippen LogP contribution in [0.25, 0.3) is 0 Å². The minimum Gasteiger partial charge on any atom is -0.313 e. The third kappa shape index (κ3) is 4.57. The smallest absolute Gasteiger partial charge is 0.0277 e. The van der Waals surface area contributed by atoms with E-state index in [4.69, 9.17) is 0 Å². The number of hydrogen-bond acceptors (Lipinski definition) is 3. The Morgan fingerprint density at radius 3 is 2.35 bits per heavy atom. The average molecular weight is 241 g/mol. The Morgan fingerprint density at radius 2 is 1.82 bits per heavy atom. The van der Waals surface area contributed by atoms with E-state index in [1.165, 1.54) is 39.0 Å². The van der Waals surface area contributed by atoms with Gasteiger partial charge in [0, 0.05) is 44.3 Å². The van der Waals surface area contributed by atoms with Crippen LogP contribution < -0.4 is 5.32 Å². The van der Waals surface area contributed by atoms with E-state index in [-0.39, 0.29) is 0 Å².